The van der Waals surface area contributed by atoms with Crippen molar-refractivity contribution in [2.45, 2.75) is 31.8 Å². The molecule has 0 bridgehead atoms. The summed E-state index contributed by atoms with van der Waals surface area (Å²) < 4.78 is 6.33. The van der Waals surface area contributed by atoms with Crippen molar-refractivity contribution < 1.29 is 9.84 Å². The summed E-state index contributed by atoms with van der Waals surface area (Å²) in [4.78, 5) is 0. The van der Waals surface area contributed by atoms with Crippen LogP contribution in [0.25, 0.3) is 0 Å². The highest BCUT2D eigenvalue weighted by atomic mass is 79.9. The van der Waals surface area contributed by atoms with Crippen LogP contribution < -0.4 is 0 Å². The van der Waals surface area contributed by atoms with Crippen LogP contribution in [-0.4, -0.2) is 23.9 Å². The fraction of sp³-hybridized carbons (Fsp3) is 0.533. The van der Waals surface area contributed by atoms with Crippen LogP contribution in [0, 0.1) is 16.7 Å². The van der Waals surface area contributed by atoms with Crippen molar-refractivity contribution in [2.75, 3.05) is 13.2 Å². The molecule has 1 fully saturated rings. The second kappa shape index (κ2) is 5.62. The van der Waals surface area contributed by atoms with Crippen molar-refractivity contribution in [1.82, 2.24) is 0 Å². The molecule has 0 amide bonds. The molecule has 1 aliphatic rings. The number of aliphatic hydroxyl groups is 1. The highest BCUT2D eigenvalue weighted by Gasteiger charge is 2.48. The molecule has 4 heteroatoms. The minimum atomic E-state index is -1.04. The average molecular weight is 324 g/mol. The van der Waals surface area contributed by atoms with Crippen LogP contribution in [0.3, 0.4) is 0 Å². The summed E-state index contributed by atoms with van der Waals surface area (Å²) in [7, 11) is 0. The first-order chi connectivity index (χ1) is 8.99. The van der Waals surface area contributed by atoms with Crippen molar-refractivity contribution >= 4 is 15.9 Å². The van der Waals surface area contributed by atoms with Crippen LogP contribution >= 0.6 is 15.9 Å². The normalized spacial score (nSPS) is 21.4. The van der Waals surface area contributed by atoms with E-state index in [0.717, 1.165) is 10.0 Å². The van der Waals surface area contributed by atoms with Gasteiger partial charge in [-0.1, -0.05) is 28.1 Å². The molecule has 0 aromatic heterocycles. The molecular formula is C15H18BrNO2. The third kappa shape index (κ3) is 3.00. The number of halogens is 1. The van der Waals surface area contributed by atoms with E-state index < -0.39 is 11.0 Å². The van der Waals surface area contributed by atoms with Crippen molar-refractivity contribution in [1.29, 1.82) is 5.26 Å². The van der Waals surface area contributed by atoms with Crippen molar-refractivity contribution in [3.8, 4) is 6.07 Å². The molecule has 3 nitrogen and oxygen atoms in total. The molecule has 0 aliphatic carbocycles. The first-order valence-electron chi connectivity index (χ1n) is 6.45. The zero-order valence-corrected chi connectivity index (χ0v) is 12.6. The van der Waals surface area contributed by atoms with Crippen molar-refractivity contribution in [3.63, 3.8) is 0 Å². The Balaban J connectivity index is 2.20. The molecule has 1 aliphatic heterocycles. The summed E-state index contributed by atoms with van der Waals surface area (Å²) in [6.45, 7) is 2.86. The summed E-state index contributed by atoms with van der Waals surface area (Å²) in [6.07, 6.45) is 1.66. The average Bonchev–Trinajstić information content (AvgIpc) is 2.42. The maximum Gasteiger partial charge on any atom is 0.0904 e. The lowest BCUT2D eigenvalue weighted by Gasteiger charge is -2.42. The zero-order chi connectivity index (χ0) is 13.9. The van der Waals surface area contributed by atoms with E-state index in [9.17, 15) is 10.4 Å². The van der Waals surface area contributed by atoms with E-state index in [4.69, 9.17) is 4.74 Å². The van der Waals surface area contributed by atoms with Gasteiger partial charge in [0.1, 0.15) is 0 Å². The first kappa shape index (κ1) is 14.5. The van der Waals surface area contributed by atoms with Crippen LogP contribution in [0.1, 0.15) is 25.3 Å². The Hall–Kier alpha value is -0.890. The number of rotatable bonds is 3. The number of nitrogens with zero attached hydrogens (tertiary/aromatic N) is 1. The van der Waals surface area contributed by atoms with Gasteiger partial charge in [-0.2, -0.15) is 5.26 Å². The molecule has 1 saturated heterocycles. The summed E-state index contributed by atoms with van der Waals surface area (Å²) in [5, 5.41) is 20.3. The number of nitriles is 1. The lowest BCUT2D eigenvalue weighted by Crippen LogP contribution is -2.50. The van der Waals surface area contributed by atoms with Gasteiger partial charge in [-0.05, 0) is 37.5 Å². The lowest BCUT2D eigenvalue weighted by atomic mass is 9.66. The van der Waals surface area contributed by atoms with Gasteiger partial charge in [0.05, 0.1) is 17.1 Å². The maximum atomic E-state index is 10.8. The predicted octanol–water partition coefficient (Wildman–Crippen LogP) is 3.06. The molecule has 0 radical (unpaired) electrons. The van der Waals surface area contributed by atoms with Crippen LogP contribution in [-0.2, 0) is 11.2 Å². The number of benzene rings is 1. The molecule has 1 heterocycles. The minimum absolute atomic E-state index is 0.480. The van der Waals surface area contributed by atoms with Gasteiger partial charge in [0, 0.05) is 24.1 Å². The van der Waals surface area contributed by atoms with Crippen LogP contribution in [0.4, 0.5) is 0 Å². The molecule has 19 heavy (non-hydrogen) atoms. The highest BCUT2D eigenvalue weighted by Crippen LogP contribution is 2.42. The van der Waals surface area contributed by atoms with E-state index in [-0.39, 0.29) is 0 Å². The van der Waals surface area contributed by atoms with E-state index in [1.807, 2.05) is 24.3 Å². The molecule has 0 saturated carbocycles. The standard InChI is InChI=1S/C15H18BrNO2/c1-14(18,10-12-2-4-13(16)5-3-12)15(11-17)6-8-19-9-7-15/h2-5,18H,6-10H2,1H3. The Morgan fingerprint density at radius 2 is 1.95 bits per heavy atom. The minimum Gasteiger partial charge on any atom is -0.388 e. The Bertz CT molecular complexity index is 470. The van der Waals surface area contributed by atoms with E-state index in [0.29, 0.717) is 32.5 Å². The number of hydrogen-bond donors (Lipinski definition) is 1. The molecule has 1 aromatic rings. The second-order valence-corrected chi connectivity index (χ2v) is 6.30. The summed E-state index contributed by atoms with van der Waals surface area (Å²) >= 11 is 3.39. The molecule has 1 unspecified atom stereocenters. The Morgan fingerprint density at radius 1 is 1.37 bits per heavy atom. The SMILES string of the molecule is CC(O)(Cc1ccc(Br)cc1)C1(C#N)CCOCC1. The summed E-state index contributed by atoms with van der Waals surface area (Å²) in [6, 6.07) is 10.2. The maximum absolute atomic E-state index is 10.8. The molecule has 1 N–H and O–H groups in total. The Morgan fingerprint density at radius 3 is 2.47 bits per heavy atom. The topological polar surface area (TPSA) is 53.2 Å². The molecular weight excluding hydrogens is 306 g/mol. The van der Waals surface area contributed by atoms with E-state index in [1.54, 1.807) is 6.92 Å². The van der Waals surface area contributed by atoms with Gasteiger partial charge in [0.2, 0.25) is 0 Å². The van der Waals surface area contributed by atoms with Gasteiger partial charge in [0.25, 0.3) is 0 Å². The number of ether oxygens (including phenoxy) is 1. The second-order valence-electron chi connectivity index (χ2n) is 5.38. The summed E-state index contributed by atoms with van der Waals surface area (Å²) in [5.74, 6) is 0. The van der Waals surface area contributed by atoms with Crippen LogP contribution in [0.2, 0.25) is 0 Å². The quantitative estimate of drug-likeness (QED) is 0.930. The van der Waals surface area contributed by atoms with Gasteiger partial charge in [0.15, 0.2) is 0 Å². The highest BCUT2D eigenvalue weighted by molar-refractivity contribution is 9.10. The lowest BCUT2D eigenvalue weighted by molar-refractivity contribution is -0.0917. The smallest absolute Gasteiger partial charge is 0.0904 e. The van der Waals surface area contributed by atoms with Crippen LogP contribution in [0.5, 0.6) is 0 Å². The van der Waals surface area contributed by atoms with E-state index >= 15 is 0 Å². The van der Waals surface area contributed by atoms with Crippen molar-refractivity contribution in [3.05, 3.63) is 34.3 Å². The van der Waals surface area contributed by atoms with E-state index in [2.05, 4.69) is 22.0 Å². The monoisotopic (exact) mass is 323 g/mol. The third-order valence-electron chi connectivity index (χ3n) is 4.05. The Kier molecular flexibility index (Phi) is 4.29. The van der Waals surface area contributed by atoms with Gasteiger partial charge in [-0.25, -0.2) is 0 Å². The first-order valence-corrected chi connectivity index (χ1v) is 7.24. The fourth-order valence-electron chi connectivity index (χ4n) is 2.66. The van der Waals surface area contributed by atoms with Gasteiger partial charge in [-0.3, -0.25) is 0 Å². The molecule has 102 valence electrons. The molecule has 1 aromatic carbocycles. The third-order valence-corrected chi connectivity index (χ3v) is 4.58. The van der Waals surface area contributed by atoms with E-state index in [1.165, 1.54) is 0 Å². The molecule has 1 atom stereocenters. The zero-order valence-electron chi connectivity index (χ0n) is 11.0. The Labute approximate surface area is 122 Å². The largest absolute Gasteiger partial charge is 0.388 e. The van der Waals surface area contributed by atoms with Gasteiger partial charge in [-0.15, -0.1) is 0 Å². The molecule has 0 spiro atoms. The summed E-state index contributed by atoms with van der Waals surface area (Å²) in [5.41, 5.74) is -0.716. The number of hydrogen-bond acceptors (Lipinski definition) is 3. The van der Waals surface area contributed by atoms with Gasteiger partial charge >= 0.3 is 0 Å². The van der Waals surface area contributed by atoms with Crippen LogP contribution in [0.15, 0.2) is 28.7 Å². The van der Waals surface area contributed by atoms with Gasteiger partial charge < -0.3 is 9.84 Å². The molecule has 2 rings (SSSR count). The van der Waals surface area contributed by atoms with Crippen molar-refractivity contribution in [2.24, 2.45) is 5.41 Å². The fourth-order valence-corrected chi connectivity index (χ4v) is 2.92. The predicted molar refractivity (Wildman–Crippen MR) is 76.6 cm³/mol.